The van der Waals surface area contributed by atoms with Crippen LogP contribution in [0.1, 0.15) is 23.7 Å². The van der Waals surface area contributed by atoms with Gasteiger partial charge in [-0.1, -0.05) is 36.4 Å². The molecule has 0 saturated carbocycles. The van der Waals surface area contributed by atoms with Gasteiger partial charge in [-0.15, -0.1) is 0 Å². The zero-order chi connectivity index (χ0) is 22.2. The molecule has 2 aromatic carbocycles. The van der Waals surface area contributed by atoms with E-state index in [0.717, 1.165) is 30.8 Å². The summed E-state index contributed by atoms with van der Waals surface area (Å²) in [5.74, 6) is -0.131. The van der Waals surface area contributed by atoms with Crippen molar-refractivity contribution in [1.29, 1.82) is 0 Å². The summed E-state index contributed by atoms with van der Waals surface area (Å²) in [5, 5.41) is 7.75. The molecule has 0 aliphatic rings. The van der Waals surface area contributed by atoms with Gasteiger partial charge in [-0.25, -0.2) is 4.68 Å². The number of benzene rings is 2. The van der Waals surface area contributed by atoms with Gasteiger partial charge in [-0.2, -0.15) is 5.10 Å². The topological polar surface area (TPSA) is 63.1 Å². The molecular weight excluding hydrogens is 398 g/mol. The van der Waals surface area contributed by atoms with Gasteiger partial charge in [0, 0.05) is 49.5 Å². The van der Waals surface area contributed by atoms with Crippen LogP contribution in [-0.4, -0.2) is 40.3 Å². The second kappa shape index (κ2) is 10.4. The summed E-state index contributed by atoms with van der Waals surface area (Å²) in [6.07, 6.45) is 6.08. The predicted octanol–water partition coefficient (Wildman–Crippen LogP) is 4.58. The smallest absolute Gasteiger partial charge is 0.255 e. The first-order valence-corrected chi connectivity index (χ1v) is 10.9. The normalized spacial score (nSPS) is 10.7. The molecule has 162 valence electrons. The average molecular weight is 426 g/mol. The summed E-state index contributed by atoms with van der Waals surface area (Å²) < 4.78 is 1.74. The number of carbonyl (C=O) groups is 1. The molecule has 0 fully saturated rings. The second-order valence-corrected chi connectivity index (χ2v) is 7.44. The molecular formula is C26H27N5O. The molecule has 0 saturated heterocycles. The summed E-state index contributed by atoms with van der Waals surface area (Å²) in [7, 11) is 0. The van der Waals surface area contributed by atoms with Crippen LogP contribution in [0.2, 0.25) is 0 Å². The summed E-state index contributed by atoms with van der Waals surface area (Å²) in [5.41, 5.74) is 4.08. The Morgan fingerprint density at radius 1 is 1.00 bits per heavy atom. The van der Waals surface area contributed by atoms with E-state index in [9.17, 15) is 4.79 Å². The summed E-state index contributed by atoms with van der Waals surface area (Å²) in [6, 6.07) is 23.9. The first-order chi connectivity index (χ1) is 15.8. The number of amides is 1. The van der Waals surface area contributed by atoms with Crippen molar-refractivity contribution in [3.63, 3.8) is 0 Å². The number of rotatable bonds is 9. The zero-order valence-corrected chi connectivity index (χ0v) is 18.2. The standard InChI is InChI=1S/C26H27N5O/c1-2-30(22-12-5-3-6-13-22)18-10-17-28-26(32)24-20-31(23-14-7-4-8-15-23)29-25(24)21-11-9-16-27-19-21/h3-9,11-16,19-20H,2,10,17-18H2,1H3,(H,28,32). The SMILES string of the molecule is CCN(CCCNC(=O)c1cn(-c2ccccc2)nc1-c1cccnc1)c1ccccc1. The lowest BCUT2D eigenvalue weighted by Gasteiger charge is -2.23. The number of hydrogen-bond acceptors (Lipinski definition) is 4. The van der Waals surface area contributed by atoms with Gasteiger partial charge in [-0.05, 0) is 49.7 Å². The first kappa shape index (κ1) is 21.3. The Balaban J connectivity index is 1.46. The highest BCUT2D eigenvalue weighted by Crippen LogP contribution is 2.23. The maximum atomic E-state index is 13.1. The Hall–Kier alpha value is -3.93. The fourth-order valence-electron chi connectivity index (χ4n) is 3.64. The van der Waals surface area contributed by atoms with Crippen LogP contribution in [0, 0.1) is 0 Å². The van der Waals surface area contributed by atoms with E-state index < -0.39 is 0 Å². The highest BCUT2D eigenvalue weighted by molar-refractivity contribution is 5.99. The van der Waals surface area contributed by atoms with Crippen LogP contribution < -0.4 is 10.2 Å². The monoisotopic (exact) mass is 425 g/mol. The molecule has 0 radical (unpaired) electrons. The number of aromatic nitrogens is 3. The van der Waals surface area contributed by atoms with E-state index in [2.05, 4.69) is 39.4 Å². The van der Waals surface area contributed by atoms with Crippen LogP contribution >= 0.6 is 0 Å². The van der Waals surface area contributed by atoms with Crippen molar-refractivity contribution in [3.05, 3.63) is 97.0 Å². The van der Waals surface area contributed by atoms with E-state index in [0.29, 0.717) is 17.8 Å². The number of hydrogen-bond donors (Lipinski definition) is 1. The van der Waals surface area contributed by atoms with Crippen molar-refractivity contribution < 1.29 is 4.79 Å². The van der Waals surface area contributed by atoms with Gasteiger partial charge in [0.2, 0.25) is 0 Å². The molecule has 0 unspecified atom stereocenters. The van der Waals surface area contributed by atoms with Crippen LogP contribution in [0.5, 0.6) is 0 Å². The minimum atomic E-state index is -0.131. The first-order valence-electron chi connectivity index (χ1n) is 10.9. The fraction of sp³-hybridized carbons (Fsp3) is 0.192. The van der Waals surface area contributed by atoms with Crippen molar-refractivity contribution in [3.8, 4) is 16.9 Å². The van der Waals surface area contributed by atoms with Gasteiger partial charge in [0.15, 0.2) is 0 Å². The van der Waals surface area contributed by atoms with Gasteiger partial charge in [0.05, 0.1) is 11.3 Å². The zero-order valence-electron chi connectivity index (χ0n) is 18.2. The number of nitrogens with one attached hydrogen (secondary N) is 1. The third-order valence-corrected chi connectivity index (χ3v) is 5.31. The van der Waals surface area contributed by atoms with Crippen molar-refractivity contribution in [2.45, 2.75) is 13.3 Å². The van der Waals surface area contributed by atoms with Gasteiger partial charge < -0.3 is 10.2 Å². The molecule has 0 aliphatic heterocycles. The van der Waals surface area contributed by atoms with Crippen molar-refractivity contribution in [2.75, 3.05) is 24.5 Å². The molecule has 32 heavy (non-hydrogen) atoms. The fourth-order valence-corrected chi connectivity index (χ4v) is 3.64. The molecule has 6 nitrogen and oxygen atoms in total. The molecule has 0 aliphatic carbocycles. The molecule has 4 rings (SSSR count). The second-order valence-electron chi connectivity index (χ2n) is 7.44. The number of pyridine rings is 1. The van der Waals surface area contributed by atoms with Crippen LogP contribution in [0.3, 0.4) is 0 Å². The lowest BCUT2D eigenvalue weighted by Crippen LogP contribution is -2.30. The quantitative estimate of drug-likeness (QED) is 0.399. The Morgan fingerprint density at radius 3 is 2.44 bits per heavy atom. The summed E-state index contributed by atoms with van der Waals surface area (Å²) >= 11 is 0. The molecule has 2 aromatic heterocycles. The lowest BCUT2D eigenvalue weighted by molar-refractivity contribution is 0.0954. The molecule has 1 amide bonds. The number of nitrogens with zero attached hydrogens (tertiary/aromatic N) is 4. The maximum absolute atomic E-state index is 13.1. The third-order valence-electron chi connectivity index (χ3n) is 5.31. The van der Waals surface area contributed by atoms with Gasteiger partial charge in [-0.3, -0.25) is 9.78 Å². The molecule has 1 N–H and O–H groups in total. The Bertz CT molecular complexity index is 1130. The molecule has 2 heterocycles. The Morgan fingerprint density at radius 2 is 1.75 bits per heavy atom. The van der Waals surface area contributed by atoms with Crippen LogP contribution in [0.4, 0.5) is 5.69 Å². The third kappa shape index (κ3) is 5.03. The van der Waals surface area contributed by atoms with Crippen LogP contribution in [0.15, 0.2) is 91.4 Å². The van der Waals surface area contributed by atoms with Crippen molar-refractivity contribution >= 4 is 11.6 Å². The van der Waals surface area contributed by atoms with E-state index in [4.69, 9.17) is 0 Å². The summed E-state index contributed by atoms with van der Waals surface area (Å²) in [4.78, 5) is 19.6. The van der Waals surface area contributed by atoms with E-state index in [1.807, 2.05) is 60.7 Å². The number of carbonyl (C=O) groups excluding carboxylic acids is 1. The summed E-state index contributed by atoms with van der Waals surface area (Å²) in [6.45, 7) is 4.53. The van der Waals surface area contributed by atoms with Crippen LogP contribution in [-0.2, 0) is 0 Å². The lowest BCUT2D eigenvalue weighted by atomic mass is 10.1. The molecule has 4 aromatic rings. The largest absolute Gasteiger partial charge is 0.372 e. The number of para-hydroxylation sites is 2. The molecule has 6 heteroatoms. The highest BCUT2D eigenvalue weighted by atomic mass is 16.1. The minimum Gasteiger partial charge on any atom is -0.372 e. The van der Waals surface area contributed by atoms with Crippen LogP contribution in [0.25, 0.3) is 16.9 Å². The molecule has 0 bridgehead atoms. The van der Waals surface area contributed by atoms with E-state index >= 15 is 0 Å². The molecule has 0 atom stereocenters. The average Bonchev–Trinajstić information content (AvgIpc) is 3.31. The Kier molecular flexibility index (Phi) is 6.92. The van der Waals surface area contributed by atoms with E-state index in [1.165, 1.54) is 5.69 Å². The molecule has 0 spiro atoms. The van der Waals surface area contributed by atoms with Gasteiger partial charge in [0.1, 0.15) is 5.69 Å². The number of anilines is 1. The maximum Gasteiger partial charge on any atom is 0.255 e. The van der Waals surface area contributed by atoms with Gasteiger partial charge in [0.25, 0.3) is 5.91 Å². The van der Waals surface area contributed by atoms with Crippen molar-refractivity contribution in [2.24, 2.45) is 0 Å². The highest BCUT2D eigenvalue weighted by Gasteiger charge is 2.18. The van der Waals surface area contributed by atoms with E-state index in [-0.39, 0.29) is 5.91 Å². The minimum absolute atomic E-state index is 0.131. The Labute approximate surface area is 188 Å². The van der Waals surface area contributed by atoms with Gasteiger partial charge >= 0.3 is 0 Å². The van der Waals surface area contributed by atoms with E-state index in [1.54, 1.807) is 23.3 Å². The van der Waals surface area contributed by atoms with Crippen molar-refractivity contribution in [1.82, 2.24) is 20.1 Å². The predicted molar refractivity (Wildman–Crippen MR) is 128 cm³/mol.